The van der Waals surface area contributed by atoms with Gasteiger partial charge in [0.1, 0.15) is 12.4 Å². The van der Waals surface area contributed by atoms with Crippen LogP contribution in [-0.2, 0) is 4.79 Å². The smallest absolute Gasteiger partial charge is 0.251 e. The van der Waals surface area contributed by atoms with Crippen LogP contribution in [0, 0.1) is 20.8 Å². The molecule has 0 atom stereocenters. The number of aryl methyl sites for hydroxylation is 3. The van der Waals surface area contributed by atoms with E-state index < -0.39 is 0 Å². The first kappa shape index (κ1) is 18.5. The molecule has 0 bridgehead atoms. The second kappa shape index (κ2) is 8.87. The summed E-state index contributed by atoms with van der Waals surface area (Å²) in [5, 5.41) is 5.34. The number of carbonyl (C=O) groups is 2. The monoisotopic (exact) mass is 340 g/mol. The second-order valence-electron chi connectivity index (χ2n) is 6.00. The molecule has 0 saturated heterocycles. The van der Waals surface area contributed by atoms with Crippen LogP contribution in [0.4, 0.5) is 0 Å². The van der Waals surface area contributed by atoms with Gasteiger partial charge in [0, 0.05) is 5.56 Å². The van der Waals surface area contributed by atoms with E-state index in [1.165, 1.54) is 0 Å². The maximum absolute atomic E-state index is 12.0. The third-order valence-corrected chi connectivity index (χ3v) is 3.86. The van der Waals surface area contributed by atoms with Crippen LogP contribution < -0.4 is 15.4 Å². The van der Waals surface area contributed by atoms with Gasteiger partial charge in [-0.05, 0) is 61.7 Å². The first-order valence-electron chi connectivity index (χ1n) is 8.27. The van der Waals surface area contributed by atoms with E-state index in [2.05, 4.69) is 10.6 Å². The Morgan fingerprint density at radius 2 is 1.76 bits per heavy atom. The van der Waals surface area contributed by atoms with Crippen LogP contribution in [-0.4, -0.2) is 31.5 Å². The van der Waals surface area contributed by atoms with Gasteiger partial charge < -0.3 is 15.4 Å². The summed E-state index contributed by atoms with van der Waals surface area (Å²) < 4.78 is 5.55. The average molecular weight is 340 g/mol. The predicted octanol–water partition coefficient (Wildman–Crippen LogP) is 2.54. The van der Waals surface area contributed by atoms with Gasteiger partial charge >= 0.3 is 0 Å². The summed E-state index contributed by atoms with van der Waals surface area (Å²) in [7, 11) is 0. The van der Waals surface area contributed by atoms with E-state index in [-0.39, 0.29) is 18.4 Å². The Bertz CT molecular complexity index is 756. The van der Waals surface area contributed by atoms with Gasteiger partial charge in [0.15, 0.2) is 0 Å². The Morgan fingerprint density at radius 3 is 2.48 bits per heavy atom. The predicted molar refractivity (Wildman–Crippen MR) is 97.9 cm³/mol. The molecule has 2 N–H and O–H groups in total. The first-order valence-corrected chi connectivity index (χ1v) is 8.27. The highest BCUT2D eigenvalue weighted by atomic mass is 16.5. The molecule has 0 heterocycles. The van der Waals surface area contributed by atoms with Gasteiger partial charge in [0.05, 0.1) is 13.1 Å². The third kappa shape index (κ3) is 5.95. The van der Waals surface area contributed by atoms with Crippen molar-refractivity contribution in [2.75, 3.05) is 19.7 Å². The Labute approximate surface area is 148 Å². The first-order chi connectivity index (χ1) is 12.0. The van der Waals surface area contributed by atoms with Gasteiger partial charge in [-0.2, -0.15) is 0 Å². The van der Waals surface area contributed by atoms with Crippen LogP contribution in [0.3, 0.4) is 0 Å². The molecular weight excluding hydrogens is 316 g/mol. The highest BCUT2D eigenvalue weighted by Gasteiger charge is 2.08. The largest absolute Gasteiger partial charge is 0.492 e. The SMILES string of the molecule is Cc1cccc(OCCNC(=O)CNC(=O)c2ccc(C)c(C)c2)c1. The van der Waals surface area contributed by atoms with Gasteiger partial charge in [-0.3, -0.25) is 9.59 Å². The highest BCUT2D eigenvalue weighted by molar-refractivity contribution is 5.96. The van der Waals surface area contributed by atoms with Gasteiger partial charge in [0.25, 0.3) is 5.91 Å². The average Bonchev–Trinajstić information content (AvgIpc) is 2.59. The molecule has 5 nitrogen and oxygen atoms in total. The fourth-order valence-electron chi connectivity index (χ4n) is 2.27. The molecule has 0 unspecified atom stereocenters. The molecule has 0 spiro atoms. The fraction of sp³-hybridized carbons (Fsp3) is 0.300. The van der Waals surface area contributed by atoms with Crippen molar-refractivity contribution in [1.29, 1.82) is 0 Å². The minimum atomic E-state index is -0.255. The Morgan fingerprint density at radius 1 is 0.960 bits per heavy atom. The van der Waals surface area contributed by atoms with Crippen LogP contribution in [0.5, 0.6) is 5.75 Å². The minimum absolute atomic E-state index is 0.0593. The Hall–Kier alpha value is -2.82. The lowest BCUT2D eigenvalue weighted by molar-refractivity contribution is -0.120. The number of hydrogen-bond donors (Lipinski definition) is 2. The highest BCUT2D eigenvalue weighted by Crippen LogP contribution is 2.11. The molecule has 0 aromatic heterocycles. The van der Waals surface area contributed by atoms with E-state index in [1.54, 1.807) is 6.07 Å². The molecule has 2 aromatic carbocycles. The van der Waals surface area contributed by atoms with E-state index >= 15 is 0 Å². The number of ether oxygens (including phenoxy) is 1. The molecule has 0 aliphatic heterocycles. The van der Waals surface area contributed by atoms with E-state index in [0.717, 1.165) is 22.4 Å². The molecule has 2 amide bonds. The maximum Gasteiger partial charge on any atom is 0.251 e. The summed E-state index contributed by atoms with van der Waals surface area (Å²) in [4.78, 5) is 23.8. The number of rotatable bonds is 7. The summed E-state index contributed by atoms with van der Waals surface area (Å²) in [6, 6.07) is 13.2. The van der Waals surface area contributed by atoms with Gasteiger partial charge in [-0.25, -0.2) is 0 Å². The molecule has 25 heavy (non-hydrogen) atoms. The minimum Gasteiger partial charge on any atom is -0.492 e. The van der Waals surface area contributed by atoms with Crippen molar-refractivity contribution in [3.05, 3.63) is 64.7 Å². The van der Waals surface area contributed by atoms with Crippen molar-refractivity contribution in [2.45, 2.75) is 20.8 Å². The van der Waals surface area contributed by atoms with Crippen LogP contribution in [0.25, 0.3) is 0 Å². The molecule has 5 heteroatoms. The molecule has 0 aliphatic carbocycles. The van der Waals surface area contributed by atoms with Crippen LogP contribution >= 0.6 is 0 Å². The van der Waals surface area contributed by atoms with Crippen molar-refractivity contribution in [3.63, 3.8) is 0 Å². The topological polar surface area (TPSA) is 67.4 Å². The zero-order valence-corrected chi connectivity index (χ0v) is 14.9. The van der Waals surface area contributed by atoms with Gasteiger partial charge in [-0.1, -0.05) is 18.2 Å². The summed E-state index contributed by atoms with van der Waals surface area (Å²) in [5.41, 5.74) is 3.85. The third-order valence-electron chi connectivity index (χ3n) is 3.86. The normalized spacial score (nSPS) is 10.2. The number of benzene rings is 2. The summed E-state index contributed by atoms with van der Waals surface area (Å²) in [6.45, 7) is 6.63. The quantitative estimate of drug-likeness (QED) is 0.761. The van der Waals surface area contributed by atoms with Crippen LogP contribution in [0.15, 0.2) is 42.5 Å². The lowest BCUT2D eigenvalue weighted by Crippen LogP contribution is -2.38. The summed E-state index contributed by atoms with van der Waals surface area (Å²) >= 11 is 0. The van der Waals surface area contributed by atoms with Crippen LogP contribution in [0.1, 0.15) is 27.0 Å². The lowest BCUT2D eigenvalue weighted by Gasteiger charge is -2.09. The molecule has 2 aromatic rings. The Balaban J connectivity index is 1.68. The van der Waals surface area contributed by atoms with E-state index in [9.17, 15) is 9.59 Å². The zero-order valence-electron chi connectivity index (χ0n) is 14.9. The molecule has 0 radical (unpaired) electrons. The maximum atomic E-state index is 12.0. The van der Waals surface area contributed by atoms with E-state index in [1.807, 2.05) is 57.2 Å². The summed E-state index contributed by atoms with van der Waals surface area (Å²) in [6.07, 6.45) is 0. The zero-order chi connectivity index (χ0) is 18.2. The number of carbonyl (C=O) groups excluding carboxylic acids is 2. The van der Waals surface area contributed by atoms with Crippen molar-refractivity contribution >= 4 is 11.8 Å². The number of nitrogens with one attached hydrogen (secondary N) is 2. The van der Waals surface area contributed by atoms with Crippen molar-refractivity contribution < 1.29 is 14.3 Å². The van der Waals surface area contributed by atoms with Gasteiger partial charge in [0.2, 0.25) is 5.91 Å². The number of amides is 2. The molecule has 0 saturated carbocycles. The van der Waals surface area contributed by atoms with Crippen molar-refractivity contribution in [1.82, 2.24) is 10.6 Å². The standard InChI is InChI=1S/C20H24N2O3/c1-14-5-4-6-18(11-14)25-10-9-21-19(23)13-22-20(24)17-8-7-15(2)16(3)12-17/h4-8,11-12H,9-10,13H2,1-3H3,(H,21,23)(H,22,24). The van der Waals surface area contributed by atoms with Gasteiger partial charge in [-0.15, -0.1) is 0 Å². The Kier molecular flexibility index (Phi) is 6.57. The van der Waals surface area contributed by atoms with Crippen molar-refractivity contribution in [2.24, 2.45) is 0 Å². The molecular formula is C20H24N2O3. The van der Waals surface area contributed by atoms with Crippen LogP contribution in [0.2, 0.25) is 0 Å². The number of hydrogen-bond acceptors (Lipinski definition) is 3. The molecule has 132 valence electrons. The molecule has 0 aliphatic rings. The lowest BCUT2D eigenvalue weighted by atomic mass is 10.1. The van der Waals surface area contributed by atoms with E-state index in [4.69, 9.17) is 4.74 Å². The fourth-order valence-corrected chi connectivity index (χ4v) is 2.27. The second-order valence-corrected chi connectivity index (χ2v) is 6.00. The van der Waals surface area contributed by atoms with E-state index in [0.29, 0.717) is 18.7 Å². The van der Waals surface area contributed by atoms with Crippen molar-refractivity contribution in [3.8, 4) is 5.75 Å². The molecule has 0 fully saturated rings. The molecule has 2 rings (SSSR count). The summed E-state index contributed by atoms with van der Waals surface area (Å²) in [5.74, 6) is 0.275.